The number of nitrogens with one attached hydrogen (secondary N) is 1. The van der Waals surface area contributed by atoms with Gasteiger partial charge in [0.2, 0.25) is 5.95 Å². The van der Waals surface area contributed by atoms with Crippen LogP contribution in [0.1, 0.15) is 27.2 Å². The highest BCUT2D eigenvalue weighted by atomic mass is 16.4. The van der Waals surface area contributed by atoms with Crippen LogP contribution in [0.4, 0.5) is 11.6 Å². The van der Waals surface area contributed by atoms with Crippen molar-refractivity contribution in [3.63, 3.8) is 0 Å². The van der Waals surface area contributed by atoms with Gasteiger partial charge in [-0.25, -0.2) is 14.8 Å². The normalized spacial score (nSPS) is 10.6. The Labute approximate surface area is 139 Å². The summed E-state index contributed by atoms with van der Waals surface area (Å²) in [5, 5.41) is 16.2. The van der Waals surface area contributed by atoms with Crippen LogP contribution in [0.5, 0.6) is 0 Å². The van der Waals surface area contributed by atoms with E-state index in [-0.39, 0.29) is 5.56 Å². The van der Waals surface area contributed by atoms with Gasteiger partial charge in [0, 0.05) is 25.9 Å². The topological polar surface area (TPSA) is 92.9 Å². The quantitative estimate of drug-likeness (QED) is 0.749. The predicted molar refractivity (Wildman–Crippen MR) is 89.5 cm³/mol. The standard InChI is InChI=1S/C17H17N5O2/c1-11-7-13(16(23)24)4-3-12(11)8-14-5-6-18-17(20-14)21-15-9-19-22(2)10-15/h3-7,9-10H,8H2,1-2H3,(H,23,24)(H,18,20,21). The van der Waals surface area contributed by atoms with Crippen LogP contribution in [0, 0.1) is 6.92 Å². The summed E-state index contributed by atoms with van der Waals surface area (Å²) in [5.74, 6) is -0.421. The minimum atomic E-state index is -0.922. The molecule has 0 fully saturated rings. The van der Waals surface area contributed by atoms with Gasteiger partial charge in [-0.15, -0.1) is 0 Å². The van der Waals surface area contributed by atoms with Crippen LogP contribution >= 0.6 is 0 Å². The summed E-state index contributed by atoms with van der Waals surface area (Å²) in [4.78, 5) is 19.7. The molecule has 0 saturated carbocycles. The largest absolute Gasteiger partial charge is 0.478 e. The van der Waals surface area contributed by atoms with Crippen LogP contribution < -0.4 is 5.32 Å². The smallest absolute Gasteiger partial charge is 0.335 e. The predicted octanol–water partition coefficient (Wildman–Crippen LogP) is 2.55. The van der Waals surface area contributed by atoms with Gasteiger partial charge in [-0.3, -0.25) is 4.68 Å². The van der Waals surface area contributed by atoms with E-state index in [0.717, 1.165) is 22.5 Å². The lowest BCUT2D eigenvalue weighted by atomic mass is 10.0. The van der Waals surface area contributed by atoms with E-state index >= 15 is 0 Å². The molecule has 2 aromatic heterocycles. The number of benzene rings is 1. The van der Waals surface area contributed by atoms with Gasteiger partial charge in [0.1, 0.15) is 0 Å². The van der Waals surface area contributed by atoms with Gasteiger partial charge >= 0.3 is 5.97 Å². The monoisotopic (exact) mass is 323 g/mol. The van der Waals surface area contributed by atoms with Gasteiger partial charge in [-0.05, 0) is 36.2 Å². The first kappa shape index (κ1) is 15.7. The molecule has 7 heteroatoms. The Kier molecular flexibility index (Phi) is 4.24. The van der Waals surface area contributed by atoms with Crippen molar-refractivity contribution in [1.29, 1.82) is 0 Å². The summed E-state index contributed by atoms with van der Waals surface area (Å²) in [6, 6.07) is 6.96. The second-order valence-electron chi connectivity index (χ2n) is 5.52. The number of rotatable bonds is 5. The lowest BCUT2D eigenvalue weighted by Gasteiger charge is -2.08. The molecule has 0 aliphatic rings. The minimum Gasteiger partial charge on any atom is -0.478 e. The number of carboxylic acid groups (broad SMARTS) is 1. The Morgan fingerprint density at radius 2 is 2.17 bits per heavy atom. The zero-order valence-electron chi connectivity index (χ0n) is 13.4. The molecule has 0 unspecified atom stereocenters. The Hall–Kier alpha value is -3.22. The van der Waals surface area contributed by atoms with E-state index in [1.54, 1.807) is 29.2 Å². The molecule has 0 saturated heterocycles. The highest BCUT2D eigenvalue weighted by Crippen LogP contribution is 2.17. The SMILES string of the molecule is Cc1cc(C(=O)O)ccc1Cc1ccnc(Nc2cnn(C)c2)n1. The fourth-order valence-corrected chi connectivity index (χ4v) is 2.39. The molecule has 0 atom stereocenters. The lowest BCUT2D eigenvalue weighted by molar-refractivity contribution is 0.0697. The number of carbonyl (C=O) groups is 1. The maximum atomic E-state index is 11.0. The molecule has 7 nitrogen and oxygen atoms in total. The molecular formula is C17H17N5O2. The molecule has 2 N–H and O–H groups in total. The zero-order chi connectivity index (χ0) is 17.1. The number of anilines is 2. The fraction of sp³-hybridized carbons (Fsp3) is 0.176. The van der Waals surface area contributed by atoms with E-state index in [0.29, 0.717) is 12.4 Å². The number of hydrogen-bond acceptors (Lipinski definition) is 5. The van der Waals surface area contributed by atoms with E-state index in [4.69, 9.17) is 5.11 Å². The van der Waals surface area contributed by atoms with Gasteiger partial charge in [-0.1, -0.05) is 6.07 Å². The maximum absolute atomic E-state index is 11.0. The fourth-order valence-electron chi connectivity index (χ4n) is 2.39. The third kappa shape index (κ3) is 3.57. The Morgan fingerprint density at radius 3 is 2.83 bits per heavy atom. The first-order valence-corrected chi connectivity index (χ1v) is 7.41. The molecular weight excluding hydrogens is 306 g/mol. The number of hydrogen-bond donors (Lipinski definition) is 2. The van der Waals surface area contributed by atoms with Crippen molar-refractivity contribution >= 4 is 17.6 Å². The molecule has 0 spiro atoms. The molecule has 0 aliphatic carbocycles. The van der Waals surface area contributed by atoms with Crippen molar-refractivity contribution in [2.24, 2.45) is 7.05 Å². The van der Waals surface area contributed by atoms with Crippen molar-refractivity contribution in [3.05, 3.63) is 65.2 Å². The van der Waals surface area contributed by atoms with E-state index in [1.165, 1.54) is 0 Å². The van der Waals surface area contributed by atoms with E-state index in [1.807, 2.05) is 32.3 Å². The molecule has 3 aromatic rings. The van der Waals surface area contributed by atoms with Crippen LogP contribution in [-0.2, 0) is 13.5 Å². The first-order valence-electron chi connectivity index (χ1n) is 7.41. The molecule has 0 aliphatic heterocycles. The highest BCUT2D eigenvalue weighted by Gasteiger charge is 2.08. The van der Waals surface area contributed by atoms with Crippen molar-refractivity contribution in [2.45, 2.75) is 13.3 Å². The van der Waals surface area contributed by atoms with Crippen LogP contribution in [0.3, 0.4) is 0 Å². The van der Waals surface area contributed by atoms with Crippen molar-refractivity contribution in [2.75, 3.05) is 5.32 Å². The summed E-state index contributed by atoms with van der Waals surface area (Å²) in [6.45, 7) is 1.90. The molecule has 3 rings (SSSR count). The average molecular weight is 323 g/mol. The zero-order valence-corrected chi connectivity index (χ0v) is 13.4. The summed E-state index contributed by atoms with van der Waals surface area (Å²) in [7, 11) is 1.84. The summed E-state index contributed by atoms with van der Waals surface area (Å²) >= 11 is 0. The van der Waals surface area contributed by atoms with Gasteiger partial charge in [0.25, 0.3) is 0 Å². The maximum Gasteiger partial charge on any atom is 0.335 e. The number of aromatic nitrogens is 4. The molecule has 0 amide bonds. The second-order valence-corrected chi connectivity index (χ2v) is 5.52. The number of nitrogens with zero attached hydrogens (tertiary/aromatic N) is 4. The molecule has 24 heavy (non-hydrogen) atoms. The molecule has 1 aromatic carbocycles. The van der Waals surface area contributed by atoms with Crippen LogP contribution in [0.25, 0.3) is 0 Å². The number of carboxylic acids is 1. The van der Waals surface area contributed by atoms with E-state index in [2.05, 4.69) is 20.4 Å². The highest BCUT2D eigenvalue weighted by molar-refractivity contribution is 5.87. The molecule has 0 radical (unpaired) electrons. The van der Waals surface area contributed by atoms with Gasteiger partial charge in [-0.2, -0.15) is 5.10 Å². The van der Waals surface area contributed by atoms with Gasteiger partial charge in [0.05, 0.1) is 23.1 Å². The summed E-state index contributed by atoms with van der Waals surface area (Å²) in [6.07, 6.45) is 5.84. The van der Waals surface area contributed by atoms with Crippen molar-refractivity contribution in [3.8, 4) is 0 Å². The Balaban J connectivity index is 1.78. The van der Waals surface area contributed by atoms with Crippen LogP contribution in [0.15, 0.2) is 42.9 Å². The summed E-state index contributed by atoms with van der Waals surface area (Å²) in [5.41, 5.74) is 3.92. The van der Waals surface area contributed by atoms with Gasteiger partial charge < -0.3 is 10.4 Å². The Bertz CT molecular complexity index is 888. The first-order chi connectivity index (χ1) is 11.5. The van der Waals surface area contributed by atoms with Crippen molar-refractivity contribution in [1.82, 2.24) is 19.7 Å². The van der Waals surface area contributed by atoms with Crippen LogP contribution in [-0.4, -0.2) is 30.8 Å². The third-order valence-corrected chi connectivity index (χ3v) is 3.64. The lowest BCUT2D eigenvalue weighted by Crippen LogP contribution is -2.02. The number of aryl methyl sites for hydroxylation is 2. The minimum absolute atomic E-state index is 0.290. The molecule has 122 valence electrons. The number of aromatic carboxylic acids is 1. The average Bonchev–Trinajstić information content (AvgIpc) is 2.94. The Morgan fingerprint density at radius 1 is 1.33 bits per heavy atom. The second kappa shape index (κ2) is 6.49. The van der Waals surface area contributed by atoms with Gasteiger partial charge in [0.15, 0.2) is 0 Å². The van der Waals surface area contributed by atoms with E-state index in [9.17, 15) is 4.79 Å². The van der Waals surface area contributed by atoms with Crippen LogP contribution in [0.2, 0.25) is 0 Å². The van der Waals surface area contributed by atoms with E-state index < -0.39 is 5.97 Å². The molecule has 2 heterocycles. The van der Waals surface area contributed by atoms with Crippen molar-refractivity contribution < 1.29 is 9.90 Å². The third-order valence-electron chi connectivity index (χ3n) is 3.64. The summed E-state index contributed by atoms with van der Waals surface area (Å²) < 4.78 is 1.69. The molecule has 0 bridgehead atoms.